The van der Waals surface area contributed by atoms with Crippen LogP contribution < -0.4 is 5.32 Å². The van der Waals surface area contributed by atoms with Gasteiger partial charge in [-0.1, -0.05) is 0 Å². The normalized spacial score (nSPS) is 10.9. The standard InChI is InChI=1S/C11H17N5/c1-9-11(8-16(3)14-9)6-12-4-10-5-13-15(2)7-10/h5,7-8,12H,4,6H2,1-3H3. The molecule has 0 spiro atoms. The lowest BCUT2D eigenvalue weighted by Crippen LogP contribution is -2.12. The van der Waals surface area contributed by atoms with Crippen molar-refractivity contribution in [3.8, 4) is 0 Å². The molecule has 16 heavy (non-hydrogen) atoms. The van der Waals surface area contributed by atoms with Crippen LogP contribution in [0.1, 0.15) is 16.8 Å². The Kier molecular flexibility index (Phi) is 3.05. The fourth-order valence-electron chi connectivity index (χ4n) is 1.73. The van der Waals surface area contributed by atoms with E-state index in [4.69, 9.17) is 0 Å². The highest BCUT2D eigenvalue weighted by Gasteiger charge is 2.02. The summed E-state index contributed by atoms with van der Waals surface area (Å²) in [6.45, 7) is 3.71. The number of nitrogens with one attached hydrogen (secondary N) is 1. The average Bonchev–Trinajstić information content (AvgIpc) is 2.74. The molecule has 0 aliphatic heterocycles. The van der Waals surface area contributed by atoms with E-state index in [0.717, 1.165) is 18.8 Å². The van der Waals surface area contributed by atoms with Gasteiger partial charge in [-0.2, -0.15) is 10.2 Å². The van der Waals surface area contributed by atoms with Crippen LogP contribution in [0, 0.1) is 6.92 Å². The molecule has 1 N–H and O–H groups in total. The maximum Gasteiger partial charge on any atom is 0.0638 e. The fourth-order valence-corrected chi connectivity index (χ4v) is 1.73. The van der Waals surface area contributed by atoms with E-state index < -0.39 is 0 Å². The summed E-state index contributed by atoms with van der Waals surface area (Å²) in [4.78, 5) is 0. The smallest absolute Gasteiger partial charge is 0.0638 e. The summed E-state index contributed by atoms with van der Waals surface area (Å²) in [7, 11) is 3.87. The molecule has 0 amide bonds. The third-order valence-corrected chi connectivity index (χ3v) is 2.52. The van der Waals surface area contributed by atoms with Gasteiger partial charge in [-0.3, -0.25) is 9.36 Å². The van der Waals surface area contributed by atoms with Crippen molar-refractivity contribution >= 4 is 0 Å². The lowest BCUT2D eigenvalue weighted by molar-refractivity contribution is 0.688. The molecule has 5 nitrogen and oxygen atoms in total. The molecular formula is C11H17N5. The molecule has 2 aromatic heterocycles. The van der Waals surface area contributed by atoms with Gasteiger partial charge in [-0.15, -0.1) is 0 Å². The van der Waals surface area contributed by atoms with Gasteiger partial charge in [0.25, 0.3) is 0 Å². The first kappa shape index (κ1) is 10.9. The van der Waals surface area contributed by atoms with Crippen molar-refractivity contribution in [2.45, 2.75) is 20.0 Å². The Morgan fingerprint density at radius 1 is 1.19 bits per heavy atom. The third kappa shape index (κ3) is 2.49. The minimum atomic E-state index is 0.835. The van der Waals surface area contributed by atoms with Crippen molar-refractivity contribution in [3.63, 3.8) is 0 Å². The zero-order valence-corrected chi connectivity index (χ0v) is 9.94. The first-order chi connectivity index (χ1) is 7.65. The highest BCUT2D eigenvalue weighted by molar-refractivity contribution is 5.15. The van der Waals surface area contributed by atoms with Gasteiger partial charge >= 0.3 is 0 Å². The molecule has 0 saturated heterocycles. The van der Waals surface area contributed by atoms with E-state index in [0.29, 0.717) is 0 Å². The Labute approximate surface area is 95.1 Å². The molecule has 0 aromatic carbocycles. The summed E-state index contributed by atoms with van der Waals surface area (Å²) < 4.78 is 3.66. The summed E-state index contributed by atoms with van der Waals surface area (Å²) in [6.07, 6.45) is 5.94. The molecule has 0 aliphatic rings. The van der Waals surface area contributed by atoms with E-state index >= 15 is 0 Å². The van der Waals surface area contributed by atoms with Crippen LogP contribution in [0.2, 0.25) is 0 Å². The largest absolute Gasteiger partial charge is 0.308 e. The van der Waals surface area contributed by atoms with Gasteiger partial charge in [0, 0.05) is 50.7 Å². The fraction of sp³-hybridized carbons (Fsp3) is 0.455. The van der Waals surface area contributed by atoms with Crippen LogP contribution in [-0.4, -0.2) is 19.6 Å². The molecule has 2 rings (SSSR count). The Bertz CT molecular complexity index is 468. The number of rotatable bonds is 4. The van der Waals surface area contributed by atoms with Crippen LogP contribution in [0.5, 0.6) is 0 Å². The van der Waals surface area contributed by atoms with E-state index in [-0.39, 0.29) is 0 Å². The third-order valence-electron chi connectivity index (χ3n) is 2.52. The van der Waals surface area contributed by atoms with Crippen molar-refractivity contribution in [2.75, 3.05) is 0 Å². The molecule has 0 radical (unpaired) electrons. The van der Waals surface area contributed by atoms with Crippen LogP contribution in [-0.2, 0) is 27.2 Å². The zero-order valence-electron chi connectivity index (χ0n) is 9.94. The minimum absolute atomic E-state index is 0.835. The summed E-state index contributed by atoms with van der Waals surface area (Å²) in [5.41, 5.74) is 3.52. The van der Waals surface area contributed by atoms with E-state index in [1.54, 1.807) is 0 Å². The highest BCUT2D eigenvalue weighted by Crippen LogP contribution is 2.04. The number of aromatic nitrogens is 4. The summed E-state index contributed by atoms with van der Waals surface area (Å²) in [5, 5.41) is 11.8. The SMILES string of the molecule is Cc1nn(C)cc1CNCc1cnn(C)c1. The van der Waals surface area contributed by atoms with Crippen molar-refractivity contribution < 1.29 is 0 Å². The van der Waals surface area contributed by atoms with Crippen LogP contribution in [0.4, 0.5) is 0 Å². The number of hydrogen-bond acceptors (Lipinski definition) is 3. The zero-order chi connectivity index (χ0) is 11.5. The van der Waals surface area contributed by atoms with E-state index in [9.17, 15) is 0 Å². The average molecular weight is 219 g/mol. The maximum absolute atomic E-state index is 4.30. The molecule has 0 bridgehead atoms. The quantitative estimate of drug-likeness (QED) is 0.825. The van der Waals surface area contributed by atoms with Crippen molar-refractivity contribution in [3.05, 3.63) is 35.4 Å². The second kappa shape index (κ2) is 4.49. The maximum atomic E-state index is 4.30. The Morgan fingerprint density at radius 2 is 2.00 bits per heavy atom. The van der Waals surface area contributed by atoms with E-state index in [1.165, 1.54) is 11.1 Å². The van der Waals surface area contributed by atoms with Crippen LogP contribution >= 0.6 is 0 Å². The van der Waals surface area contributed by atoms with Gasteiger partial charge < -0.3 is 5.32 Å². The molecule has 0 saturated carbocycles. The van der Waals surface area contributed by atoms with Gasteiger partial charge in [-0.25, -0.2) is 0 Å². The monoisotopic (exact) mass is 219 g/mol. The predicted molar refractivity (Wildman–Crippen MR) is 61.7 cm³/mol. The Hall–Kier alpha value is -1.62. The molecule has 0 aliphatic carbocycles. The Morgan fingerprint density at radius 3 is 2.56 bits per heavy atom. The molecule has 0 fully saturated rings. The molecule has 2 heterocycles. The van der Waals surface area contributed by atoms with Crippen LogP contribution in [0.3, 0.4) is 0 Å². The lowest BCUT2D eigenvalue weighted by Gasteiger charge is -2.01. The lowest BCUT2D eigenvalue weighted by atomic mass is 10.2. The minimum Gasteiger partial charge on any atom is -0.308 e. The summed E-state index contributed by atoms with van der Waals surface area (Å²) in [6, 6.07) is 0. The molecule has 86 valence electrons. The van der Waals surface area contributed by atoms with Gasteiger partial charge in [-0.05, 0) is 6.92 Å². The van der Waals surface area contributed by atoms with Gasteiger partial charge in [0.05, 0.1) is 11.9 Å². The topological polar surface area (TPSA) is 47.7 Å². The number of nitrogens with zero attached hydrogens (tertiary/aromatic N) is 4. The molecule has 0 atom stereocenters. The van der Waals surface area contributed by atoms with Crippen LogP contribution in [0.15, 0.2) is 18.6 Å². The van der Waals surface area contributed by atoms with Gasteiger partial charge in [0.2, 0.25) is 0 Å². The first-order valence-electron chi connectivity index (χ1n) is 5.32. The molecular weight excluding hydrogens is 202 g/mol. The second-order valence-electron chi connectivity index (χ2n) is 4.04. The number of hydrogen-bond donors (Lipinski definition) is 1. The van der Waals surface area contributed by atoms with E-state index in [2.05, 4.69) is 15.5 Å². The van der Waals surface area contributed by atoms with Gasteiger partial charge in [0.15, 0.2) is 0 Å². The summed E-state index contributed by atoms with van der Waals surface area (Å²) >= 11 is 0. The first-order valence-corrected chi connectivity index (χ1v) is 5.32. The molecule has 0 unspecified atom stereocenters. The molecule has 2 aromatic rings. The van der Waals surface area contributed by atoms with Crippen molar-refractivity contribution in [1.29, 1.82) is 0 Å². The van der Waals surface area contributed by atoms with E-state index in [1.807, 2.05) is 49.0 Å². The van der Waals surface area contributed by atoms with Crippen molar-refractivity contribution in [2.24, 2.45) is 14.1 Å². The summed E-state index contributed by atoms with van der Waals surface area (Å²) in [5.74, 6) is 0. The molecule has 5 heteroatoms. The number of aryl methyl sites for hydroxylation is 3. The van der Waals surface area contributed by atoms with Crippen LogP contribution in [0.25, 0.3) is 0 Å². The van der Waals surface area contributed by atoms with Crippen molar-refractivity contribution in [1.82, 2.24) is 24.9 Å². The van der Waals surface area contributed by atoms with Gasteiger partial charge in [0.1, 0.15) is 0 Å². The highest BCUT2D eigenvalue weighted by atomic mass is 15.3. The predicted octanol–water partition coefficient (Wildman–Crippen LogP) is 0.752. The Balaban J connectivity index is 1.86. The second-order valence-corrected chi connectivity index (χ2v) is 4.04.